The first-order chi connectivity index (χ1) is 13.8. The van der Waals surface area contributed by atoms with Gasteiger partial charge >= 0.3 is 0 Å². The Morgan fingerprint density at radius 2 is 1.83 bits per heavy atom. The van der Waals surface area contributed by atoms with Crippen LogP contribution in [0.1, 0.15) is 105 Å². The van der Waals surface area contributed by atoms with Gasteiger partial charge in [0, 0.05) is 7.11 Å². The van der Waals surface area contributed by atoms with Crippen molar-refractivity contribution in [2.24, 2.45) is 46.3 Å². The molecule has 0 aromatic carbocycles. The minimum absolute atomic E-state index is 0.472. The van der Waals surface area contributed by atoms with Gasteiger partial charge in [-0.15, -0.1) is 0 Å². The maximum atomic E-state index is 5.77. The monoisotopic (exact) mass is 400 g/mol. The van der Waals surface area contributed by atoms with Gasteiger partial charge in [-0.05, 0) is 97.7 Å². The zero-order valence-corrected chi connectivity index (χ0v) is 20.3. The maximum Gasteiger partial charge on any atom is 0.0574 e. The van der Waals surface area contributed by atoms with Gasteiger partial charge in [-0.1, -0.05) is 65.5 Å². The number of hydrogen-bond acceptors (Lipinski definition) is 1. The van der Waals surface area contributed by atoms with E-state index in [1.807, 2.05) is 12.7 Å². The number of allylic oxidation sites excluding steroid dienone is 2. The van der Waals surface area contributed by atoms with Crippen LogP contribution in [0.15, 0.2) is 11.6 Å². The van der Waals surface area contributed by atoms with Crippen LogP contribution in [-0.2, 0) is 4.74 Å². The molecule has 3 saturated carbocycles. The second-order valence-electron chi connectivity index (χ2n) is 12.4. The van der Waals surface area contributed by atoms with Crippen LogP contribution in [0.25, 0.3) is 0 Å². The minimum Gasteiger partial charge on any atom is -0.381 e. The molecule has 8 atom stereocenters. The molecule has 0 aromatic heterocycles. The van der Waals surface area contributed by atoms with Crippen molar-refractivity contribution in [3.63, 3.8) is 0 Å². The average Bonchev–Trinajstić information content (AvgIpc) is 3.04. The Kier molecular flexibility index (Phi) is 6.29. The highest BCUT2D eigenvalue weighted by molar-refractivity contribution is 5.29. The fraction of sp³-hybridized carbons (Fsp3) is 0.929. The minimum atomic E-state index is 0.472. The number of hydrogen-bond donors (Lipinski definition) is 0. The van der Waals surface area contributed by atoms with Gasteiger partial charge in [0.15, 0.2) is 0 Å². The van der Waals surface area contributed by atoms with Gasteiger partial charge in [0.25, 0.3) is 0 Å². The third-order valence-electron chi connectivity index (χ3n) is 10.5. The van der Waals surface area contributed by atoms with Crippen molar-refractivity contribution in [3.8, 4) is 0 Å². The Labute approximate surface area is 181 Å². The fourth-order valence-electron chi connectivity index (χ4n) is 8.72. The van der Waals surface area contributed by atoms with Crippen LogP contribution in [0, 0.1) is 46.3 Å². The molecule has 8 unspecified atom stereocenters. The molecule has 0 amide bonds. The maximum absolute atomic E-state index is 5.77. The fourth-order valence-corrected chi connectivity index (χ4v) is 8.72. The van der Waals surface area contributed by atoms with Gasteiger partial charge in [-0.25, -0.2) is 0 Å². The molecule has 0 aromatic rings. The van der Waals surface area contributed by atoms with Crippen LogP contribution in [0.5, 0.6) is 0 Å². The number of fused-ring (bicyclic) bond motifs is 5. The summed E-state index contributed by atoms with van der Waals surface area (Å²) in [4.78, 5) is 0. The normalized spacial score (nSPS) is 45.3. The summed E-state index contributed by atoms with van der Waals surface area (Å²) in [7, 11) is 1.92. The summed E-state index contributed by atoms with van der Waals surface area (Å²) in [5.41, 5.74) is 2.94. The third-order valence-corrected chi connectivity index (χ3v) is 10.5. The highest BCUT2D eigenvalue weighted by Crippen LogP contribution is 2.66. The zero-order chi connectivity index (χ0) is 20.8. The van der Waals surface area contributed by atoms with Crippen molar-refractivity contribution in [1.82, 2.24) is 0 Å². The molecule has 1 nitrogen and oxygen atoms in total. The Morgan fingerprint density at radius 1 is 1.03 bits per heavy atom. The van der Waals surface area contributed by atoms with Crippen LogP contribution in [0.3, 0.4) is 0 Å². The van der Waals surface area contributed by atoms with Crippen LogP contribution >= 0.6 is 0 Å². The predicted octanol–water partition coefficient (Wildman–Crippen LogP) is 8.04. The summed E-state index contributed by atoms with van der Waals surface area (Å²) in [5.74, 6) is 5.42. The Hall–Kier alpha value is -0.300. The second kappa shape index (κ2) is 8.33. The summed E-state index contributed by atoms with van der Waals surface area (Å²) in [6.45, 7) is 12.7. The molecule has 0 spiro atoms. The van der Waals surface area contributed by atoms with Crippen molar-refractivity contribution < 1.29 is 4.74 Å². The van der Waals surface area contributed by atoms with E-state index in [1.54, 1.807) is 0 Å². The molecular formula is C28H48O. The van der Waals surface area contributed by atoms with E-state index >= 15 is 0 Å². The number of rotatable bonds is 6. The molecule has 0 heterocycles. The lowest BCUT2D eigenvalue weighted by Crippen LogP contribution is -2.49. The molecule has 29 heavy (non-hydrogen) atoms. The first-order valence-electron chi connectivity index (χ1n) is 13.0. The molecule has 4 aliphatic carbocycles. The van der Waals surface area contributed by atoms with Crippen LogP contribution in [0.4, 0.5) is 0 Å². The van der Waals surface area contributed by atoms with Crippen LogP contribution in [0.2, 0.25) is 0 Å². The lowest BCUT2D eigenvalue weighted by molar-refractivity contribution is -0.0306. The van der Waals surface area contributed by atoms with Crippen LogP contribution < -0.4 is 0 Å². The van der Waals surface area contributed by atoms with Gasteiger partial charge in [-0.3, -0.25) is 0 Å². The zero-order valence-electron chi connectivity index (χ0n) is 20.3. The summed E-state index contributed by atoms with van der Waals surface area (Å²) in [6.07, 6.45) is 18.8. The number of ether oxygens (including phenoxy) is 1. The van der Waals surface area contributed by atoms with Gasteiger partial charge in [0.05, 0.1) is 6.10 Å². The van der Waals surface area contributed by atoms with Crippen LogP contribution in [-0.4, -0.2) is 13.2 Å². The Morgan fingerprint density at radius 3 is 2.55 bits per heavy atom. The lowest BCUT2D eigenvalue weighted by Gasteiger charge is -2.57. The molecule has 0 bridgehead atoms. The van der Waals surface area contributed by atoms with Gasteiger partial charge in [0.1, 0.15) is 0 Å². The predicted molar refractivity (Wildman–Crippen MR) is 124 cm³/mol. The topological polar surface area (TPSA) is 9.23 Å². The second-order valence-corrected chi connectivity index (χ2v) is 12.4. The molecular weight excluding hydrogens is 352 g/mol. The molecule has 0 aliphatic heterocycles. The highest BCUT2D eigenvalue weighted by Gasteiger charge is 2.57. The van der Waals surface area contributed by atoms with Gasteiger partial charge in [0.2, 0.25) is 0 Å². The first-order valence-corrected chi connectivity index (χ1v) is 13.0. The van der Waals surface area contributed by atoms with Crippen molar-refractivity contribution in [3.05, 3.63) is 11.6 Å². The average molecular weight is 401 g/mol. The summed E-state index contributed by atoms with van der Waals surface area (Å²) < 4.78 is 5.77. The summed E-state index contributed by atoms with van der Waals surface area (Å²) in [5, 5.41) is 0. The van der Waals surface area contributed by atoms with E-state index in [9.17, 15) is 0 Å². The molecule has 0 N–H and O–H groups in total. The standard InChI is InChI=1S/C28H48O/c1-19(2)8-7-9-20(3)24-12-13-25-23-11-10-21-18-22(29-6)14-16-27(21,4)26(23)15-17-28(24,25)5/h15,19-25H,7-14,16-18H2,1-6H3. The van der Waals surface area contributed by atoms with Crippen molar-refractivity contribution in [2.75, 3.05) is 7.11 Å². The van der Waals surface area contributed by atoms with E-state index in [-0.39, 0.29) is 0 Å². The van der Waals surface area contributed by atoms with E-state index in [0.717, 1.165) is 35.5 Å². The summed E-state index contributed by atoms with van der Waals surface area (Å²) in [6, 6.07) is 0. The smallest absolute Gasteiger partial charge is 0.0574 e. The van der Waals surface area contributed by atoms with E-state index in [0.29, 0.717) is 16.9 Å². The van der Waals surface area contributed by atoms with Crippen molar-refractivity contribution in [2.45, 2.75) is 111 Å². The quantitative estimate of drug-likeness (QED) is 0.410. The number of methoxy groups -OCH3 is 1. The Bertz CT molecular complexity index is 605. The van der Waals surface area contributed by atoms with E-state index < -0.39 is 0 Å². The third kappa shape index (κ3) is 3.77. The molecule has 0 saturated heterocycles. The molecule has 1 heteroatoms. The van der Waals surface area contributed by atoms with E-state index in [4.69, 9.17) is 4.74 Å². The molecule has 0 radical (unpaired) electrons. The van der Waals surface area contributed by atoms with E-state index in [2.05, 4.69) is 40.7 Å². The molecule has 166 valence electrons. The summed E-state index contributed by atoms with van der Waals surface area (Å²) >= 11 is 0. The van der Waals surface area contributed by atoms with Gasteiger partial charge in [-0.2, -0.15) is 0 Å². The highest BCUT2D eigenvalue weighted by atomic mass is 16.5. The molecule has 4 rings (SSSR count). The van der Waals surface area contributed by atoms with Crippen molar-refractivity contribution in [1.29, 1.82) is 0 Å². The van der Waals surface area contributed by atoms with Gasteiger partial charge < -0.3 is 4.74 Å². The first kappa shape index (κ1) is 21.9. The SMILES string of the molecule is COC1CCC2(C)C3=CCC4(C)C(C(C)CCCC(C)C)CCC4C3CCC2C1. The molecule has 4 aliphatic rings. The van der Waals surface area contributed by atoms with E-state index in [1.165, 1.54) is 70.6 Å². The molecule has 3 fully saturated rings. The lowest BCUT2D eigenvalue weighted by atomic mass is 9.48. The largest absolute Gasteiger partial charge is 0.381 e. The Balaban J connectivity index is 1.50. The van der Waals surface area contributed by atoms with Crippen molar-refractivity contribution >= 4 is 0 Å².